The van der Waals surface area contributed by atoms with Crippen LogP contribution in [0.4, 0.5) is 22.0 Å². The molecule has 96 heavy (non-hydrogen) atoms. The summed E-state index contributed by atoms with van der Waals surface area (Å²) in [5.41, 5.74) is 7.79. The number of halogens is 5. The summed E-state index contributed by atoms with van der Waals surface area (Å²) in [6.07, 6.45) is 12.3. The molecule has 2 N–H and O–H groups in total. The number of alkyl halides is 3. The molecular formula is C70H82BF5N6O13S. The van der Waals surface area contributed by atoms with E-state index in [4.69, 9.17) is 43.2 Å². The van der Waals surface area contributed by atoms with Crippen molar-refractivity contribution in [1.82, 2.24) is 29.4 Å². The molecule has 514 valence electrons. The molecule has 0 radical (unpaired) electrons. The van der Waals surface area contributed by atoms with Gasteiger partial charge in [-0.15, -0.1) is 0 Å². The zero-order valence-corrected chi connectivity index (χ0v) is 55.7. The van der Waals surface area contributed by atoms with Crippen LogP contribution >= 0.6 is 0 Å². The number of ketones is 1. The van der Waals surface area contributed by atoms with Crippen molar-refractivity contribution in [2.45, 2.75) is 122 Å². The first-order valence-corrected chi connectivity index (χ1v) is 33.5. The van der Waals surface area contributed by atoms with Crippen molar-refractivity contribution in [3.63, 3.8) is 0 Å². The molecule has 8 aliphatic heterocycles. The Morgan fingerprint density at radius 2 is 1.02 bits per heavy atom. The number of fused-ring (bicyclic) bond motifs is 2. The normalized spacial score (nSPS) is 19.3. The average Bonchev–Trinajstić information content (AvgIpc) is 1.62. The van der Waals surface area contributed by atoms with Gasteiger partial charge >= 0.3 is 22.7 Å². The van der Waals surface area contributed by atoms with E-state index in [1.54, 1.807) is 24.3 Å². The smallest absolute Gasteiger partial charge is 0.507 e. The SMILES string of the molecule is CC1(C)OB(C2=CCCOC2)OC1(C)C.CN1Cc2nn(Cc3ccc(O)c(C4=CCCOC4)c3)c(-c3ccccc3F)c2C1.CN1Cc2nn(Cc3ccc(O)c(C4=CCCOC4)c3)c(-c3ccccc3F)c2C1.O=C1CCCOC1.O=S(=O)(OC1=CCCOC1)C(F)(F)F. The van der Waals surface area contributed by atoms with Gasteiger partial charge in [0.25, 0.3) is 0 Å². The molecule has 2 fully saturated rings. The summed E-state index contributed by atoms with van der Waals surface area (Å²) in [6.45, 7) is 17.4. The minimum Gasteiger partial charge on any atom is -0.507 e. The van der Waals surface area contributed by atoms with E-state index in [1.807, 2.05) is 72.0 Å². The van der Waals surface area contributed by atoms with Crippen LogP contribution in [0.5, 0.6) is 11.5 Å². The minimum absolute atomic E-state index is 0.227. The lowest BCUT2D eigenvalue weighted by atomic mass is 9.77. The van der Waals surface area contributed by atoms with Crippen LogP contribution in [0.2, 0.25) is 0 Å². The number of aromatic hydroxyl groups is 2. The molecule has 0 aliphatic carbocycles. The summed E-state index contributed by atoms with van der Waals surface area (Å²) in [7, 11) is -1.68. The summed E-state index contributed by atoms with van der Waals surface area (Å²) in [5, 5.41) is 30.4. The summed E-state index contributed by atoms with van der Waals surface area (Å²) in [5.74, 6) is -0.0811. The van der Waals surface area contributed by atoms with Crippen molar-refractivity contribution >= 4 is 34.2 Å². The molecule has 0 saturated carbocycles. The van der Waals surface area contributed by atoms with Gasteiger partial charge in [0.1, 0.15) is 42.1 Å². The molecule has 6 aromatic rings. The van der Waals surface area contributed by atoms with E-state index < -0.39 is 15.6 Å². The highest BCUT2D eigenvalue weighted by atomic mass is 32.2. The van der Waals surface area contributed by atoms with Crippen LogP contribution < -0.4 is 0 Å². The van der Waals surface area contributed by atoms with Gasteiger partial charge in [-0.25, -0.2) is 8.78 Å². The third-order valence-electron chi connectivity index (χ3n) is 17.4. The Morgan fingerprint density at radius 3 is 1.41 bits per heavy atom. The molecule has 19 nitrogen and oxygen atoms in total. The zero-order chi connectivity index (χ0) is 68.4. The van der Waals surface area contributed by atoms with E-state index in [0.717, 1.165) is 144 Å². The molecular weight excluding hydrogens is 1270 g/mol. The largest absolute Gasteiger partial charge is 0.534 e. The van der Waals surface area contributed by atoms with E-state index in [-0.39, 0.29) is 59.6 Å². The van der Waals surface area contributed by atoms with Gasteiger partial charge in [0, 0.05) is 72.6 Å². The number of nitrogens with zero attached hydrogens (tertiary/aromatic N) is 6. The van der Waals surface area contributed by atoms with Gasteiger partial charge in [0.15, 0.2) is 5.78 Å². The van der Waals surface area contributed by atoms with Gasteiger partial charge in [-0.2, -0.15) is 31.8 Å². The topological polar surface area (TPSA) is 208 Å². The summed E-state index contributed by atoms with van der Waals surface area (Å²) >= 11 is 0. The van der Waals surface area contributed by atoms with Crippen LogP contribution in [0.3, 0.4) is 0 Å². The fraction of sp³-hybridized carbons (Fsp3) is 0.443. The summed E-state index contributed by atoms with van der Waals surface area (Å²) in [6, 6.07) is 24.9. The van der Waals surface area contributed by atoms with Gasteiger partial charge in [0.2, 0.25) is 0 Å². The lowest BCUT2D eigenvalue weighted by Gasteiger charge is -2.32. The van der Waals surface area contributed by atoms with Crippen LogP contribution in [-0.2, 0) is 91.4 Å². The van der Waals surface area contributed by atoms with Crippen LogP contribution in [-0.4, -0.2) is 158 Å². The molecule has 0 spiro atoms. The first kappa shape index (κ1) is 71.4. The standard InChI is InChI=1S/2C24H24FN3O2.C11H19BO3.C6H7F3O4S.C5H8O2/c2*1-27-13-20-22(14-27)26-28(24(20)18-6-2-3-7-21(18)25)12-16-8-9-23(29)19(11-16)17-5-4-10-30-15-17;1-10(2)11(3,4)15-12(14-10)9-6-5-7-13-8-9;7-6(8,9)14(10,11)13-5-2-1-3-12-4-5;6-5-2-1-3-7-4-5/h2*2-3,5-9,11,29H,4,10,12-15H2,1H3;6H,5,7-8H2,1-4H3;2H,1,3-4H2;1-4H2. The second kappa shape index (κ2) is 31.4. The fourth-order valence-corrected chi connectivity index (χ4v) is 12.3. The fourth-order valence-electron chi connectivity index (χ4n) is 11.8. The maximum atomic E-state index is 14.7. The van der Waals surface area contributed by atoms with Crippen molar-refractivity contribution in [3.8, 4) is 34.0 Å². The highest BCUT2D eigenvalue weighted by Gasteiger charge is 2.52. The number of ether oxygens (including phenoxy) is 5. The van der Waals surface area contributed by atoms with Crippen LogP contribution in [0.1, 0.15) is 111 Å². The molecule has 8 aliphatic rings. The van der Waals surface area contributed by atoms with Crippen LogP contribution in [0, 0.1) is 11.6 Å². The van der Waals surface area contributed by atoms with Crippen molar-refractivity contribution in [3.05, 3.63) is 177 Å². The van der Waals surface area contributed by atoms with Crippen LogP contribution in [0.15, 0.2) is 120 Å². The number of phenolic OH excluding ortho intramolecular Hbond substituents is 2. The Bertz CT molecular complexity index is 3790. The van der Waals surface area contributed by atoms with Crippen molar-refractivity contribution in [2.75, 3.05) is 80.2 Å². The predicted molar refractivity (Wildman–Crippen MR) is 351 cm³/mol. The lowest BCUT2D eigenvalue weighted by molar-refractivity contribution is -0.126. The Hall–Kier alpha value is -7.37. The molecule has 4 aromatic carbocycles. The second-order valence-electron chi connectivity index (χ2n) is 25.4. The van der Waals surface area contributed by atoms with E-state index in [0.29, 0.717) is 76.9 Å². The van der Waals surface area contributed by atoms with Crippen LogP contribution in [0.25, 0.3) is 33.7 Å². The molecule has 10 heterocycles. The molecule has 14 rings (SSSR count). The van der Waals surface area contributed by atoms with Crippen molar-refractivity contribution in [2.24, 2.45) is 0 Å². The van der Waals surface area contributed by atoms with E-state index >= 15 is 0 Å². The third kappa shape index (κ3) is 17.7. The quantitative estimate of drug-likeness (QED) is 0.0535. The highest BCUT2D eigenvalue weighted by molar-refractivity contribution is 7.87. The Kier molecular flexibility index (Phi) is 23.4. The zero-order valence-electron chi connectivity index (χ0n) is 54.9. The lowest BCUT2D eigenvalue weighted by Crippen LogP contribution is -2.41. The maximum Gasteiger partial charge on any atom is 0.534 e. The Balaban J connectivity index is 0.000000141. The van der Waals surface area contributed by atoms with Gasteiger partial charge in [0.05, 0.1) is 93.3 Å². The molecule has 0 atom stereocenters. The molecule has 0 unspecified atom stereocenters. The van der Waals surface area contributed by atoms with Gasteiger partial charge in [-0.1, -0.05) is 54.6 Å². The molecule has 0 bridgehead atoms. The first-order chi connectivity index (χ1) is 45.8. The monoisotopic (exact) mass is 1350 g/mol. The number of Topliss-reactive ketones (excluding diaryl/α,β-unsaturated/α-hetero) is 1. The number of benzene rings is 4. The van der Waals surface area contributed by atoms with Crippen molar-refractivity contribution in [1.29, 1.82) is 0 Å². The minimum atomic E-state index is -5.55. The number of hydrogen-bond donors (Lipinski definition) is 2. The van der Waals surface area contributed by atoms with E-state index in [9.17, 15) is 45.4 Å². The highest BCUT2D eigenvalue weighted by Crippen LogP contribution is 2.41. The molecule has 2 saturated heterocycles. The Labute approximate surface area is 556 Å². The number of hydrogen-bond acceptors (Lipinski definition) is 17. The molecule has 26 heteroatoms. The molecule has 0 amide bonds. The van der Waals surface area contributed by atoms with E-state index in [2.05, 4.69) is 59.9 Å². The first-order valence-electron chi connectivity index (χ1n) is 32.1. The summed E-state index contributed by atoms with van der Waals surface area (Å²) < 4.78 is 131. The van der Waals surface area contributed by atoms with Crippen molar-refractivity contribution < 1.29 is 82.6 Å². The Morgan fingerprint density at radius 1 is 0.573 bits per heavy atom. The number of aromatic nitrogens is 4. The second-order valence-corrected chi connectivity index (χ2v) is 26.9. The number of carbonyl (C=O) groups excluding carboxylic acids is 1. The molecule has 2 aromatic heterocycles. The summed E-state index contributed by atoms with van der Waals surface area (Å²) in [4.78, 5) is 14.7. The predicted octanol–water partition coefficient (Wildman–Crippen LogP) is 11.9. The van der Waals surface area contributed by atoms with Gasteiger partial charge in [-0.05, 0) is 156 Å². The van der Waals surface area contributed by atoms with Gasteiger partial charge in [-0.3, -0.25) is 24.0 Å². The number of phenols is 2. The maximum absolute atomic E-state index is 14.7. The number of carbonyl (C=O) groups is 1. The number of rotatable bonds is 11. The average molecular weight is 1350 g/mol. The van der Waals surface area contributed by atoms with E-state index in [1.165, 1.54) is 18.2 Å². The third-order valence-corrected chi connectivity index (χ3v) is 18.4. The van der Waals surface area contributed by atoms with Gasteiger partial charge < -0.3 is 47.4 Å².